The maximum atomic E-state index is 12.6. The fraction of sp³-hybridized carbons (Fsp3) is 0.562. The molecule has 1 saturated carbocycles. The van der Waals surface area contributed by atoms with Crippen LogP contribution in [0, 0.1) is 0 Å². The summed E-state index contributed by atoms with van der Waals surface area (Å²) in [5.41, 5.74) is 0.361. The van der Waals surface area contributed by atoms with Gasteiger partial charge in [-0.3, -0.25) is 4.79 Å². The normalized spacial score (nSPS) is 29.6. The largest absolute Gasteiger partial charge is 0.462 e. The number of rotatable bonds is 4. The lowest BCUT2D eigenvalue weighted by atomic mass is 9.90. The highest BCUT2D eigenvalue weighted by atomic mass is 16.5. The molecule has 3 nitrogen and oxygen atoms in total. The highest BCUT2D eigenvalue weighted by Crippen LogP contribution is 2.60. The minimum atomic E-state index is -0.526. The monoisotopic (exact) mass is 261 g/mol. The van der Waals surface area contributed by atoms with Crippen molar-refractivity contribution < 1.29 is 9.53 Å². The zero-order valence-electron chi connectivity index (χ0n) is 12.4. The standard InChI is InChI=1S/C16H23NO2/c1-12(2)19-14(18)16(11-15(16,3)17(4)5)13-9-7-6-8-10-13/h6-10,12H,11H2,1-5H3. The number of ether oxygens (including phenoxy) is 1. The molecular formula is C16H23NO2. The molecular weight excluding hydrogens is 238 g/mol. The molecule has 1 aromatic carbocycles. The molecule has 2 unspecified atom stereocenters. The smallest absolute Gasteiger partial charge is 0.318 e. The van der Waals surface area contributed by atoms with Crippen molar-refractivity contribution in [3.8, 4) is 0 Å². The van der Waals surface area contributed by atoms with Gasteiger partial charge in [0.15, 0.2) is 0 Å². The Bertz CT molecular complexity index is 469. The van der Waals surface area contributed by atoms with E-state index in [1.807, 2.05) is 58.3 Å². The van der Waals surface area contributed by atoms with E-state index in [1.54, 1.807) is 0 Å². The number of hydrogen-bond acceptors (Lipinski definition) is 3. The second kappa shape index (κ2) is 4.64. The van der Waals surface area contributed by atoms with Gasteiger partial charge in [-0.1, -0.05) is 30.3 Å². The topological polar surface area (TPSA) is 29.5 Å². The average Bonchev–Trinajstić information content (AvgIpc) is 2.99. The Morgan fingerprint density at radius 3 is 2.26 bits per heavy atom. The fourth-order valence-corrected chi connectivity index (χ4v) is 2.87. The van der Waals surface area contributed by atoms with E-state index in [4.69, 9.17) is 4.74 Å². The van der Waals surface area contributed by atoms with Crippen molar-refractivity contribution in [1.82, 2.24) is 4.90 Å². The SMILES string of the molecule is CC(C)OC(=O)C1(c2ccccc2)CC1(C)N(C)C. The second-order valence-electron chi connectivity index (χ2n) is 6.07. The van der Waals surface area contributed by atoms with E-state index in [0.717, 1.165) is 12.0 Å². The van der Waals surface area contributed by atoms with Gasteiger partial charge in [0, 0.05) is 5.54 Å². The van der Waals surface area contributed by atoms with Gasteiger partial charge in [0.1, 0.15) is 5.41 Å². The predicted octanol–water partition coefficient (Wildman–Crippen LogP) is 2.60. The van der Waals surface area contributed by atoms with Crippen LogP contribution in [0.2, 0.25) is 0 Å². The van der Waals surface area contributed by atoms with Gasteiger partial charge in [-0.25, -0.2) is 0 Å². The Hall–Kier alpha value is -1.35. The summed E-state index contributed by atoms with van der Waals surface area (Å²) in [6.07, 6.45) is 0.725. The average molecular weight is 261 g/mol. The van der Waals surface area contributed by atoms with Gasteiger partial charge in [-0.2, -0.15) is 0 Å². The number of likely N-dealkylation sites (N-methyl/N-ethyl adjacent to an activating group) is 1. The van der Waals surface area contributed by atoms with Crippen LogP contribution in [-0.2, 0) is 14.9 Å². The molecule has 0 bridgehead atoms. The van der Waals surface area contributed by atoms with Crippen LogP contribution in [-0.4, -0.2) is 36.6 Å². The minimum Gasteiger partial charge on any atom is -0.462 e. The lowest BCUT2D eigenvalue weighted by molar-refractivity contribution is -0.151. The van der Waals surface area contributed by atoms with Crippen molar-refractivity contribution in [3.63, 3.8) is 0 Å². The molecule has 0 heterocycles. The summed E-state index contributed by atoms with van der Waals surface area (Å²) in [7, 11) is 4.04. The van der Waals surface area contributed by atoms with Crippen LogP contribution in [0.1, 0.15) is 32.8 Å². The Kier molecular flexibility index (Phi) is 3.43. The van der Waals surface area contributed by atoms with Crippen molar-refractivity contribution in [2.45, 2.75) is 44.2 Å². The Morgan fingerprint density at radius 2 is 1.84 bits per heavy atom. The van der Waals surface area contributed by atoms with E-state index in [2.05, 4.69) is 11.8 Å². The molecule has 0 aromatic heterocycles. The van der Waals surface area contributed by atoms with Crippen molar-refractivity contribution in [3.05, 3.63) is 35.9 Å². The molecule has 2 rings (SSSR count). The van der Waals surface area contributed by atoms with Crippen LogP contribution in [0.25, 0.3) is 0 Å². The molecule has 1 aliphatic carbocycles. The zero-order chi connectivity index (χ0) is 14.3. The summed E-state index contributed by atoms with van der Waals surface area (Å²) in [5, 5.41) is 0. The predicted molar refractivity (Wildman–Crippen MR) is 76.1 cm³/mol. The van der Waals surface area contributed by atoms with Gasteiger partial charge in [0.05, 0.1) is 6.10 Å². The molecule has 0 aliphatic heterocycles. The molecule has 19 heavy (non-hydrogen) atoms. The number of carbonyl (C=O) groups is 1. The number of carbonyl (C=O) groups excluding carboxylic acids is 1. The number of hydrogen-bond donors (Lipinski definition) is 0. The molecule has 1 aliphatic rings. The summed E-state index contributed by atoms with van der Waals surface area (Å²) >= 11 is 0. The molecule has 0 amide bonds. The van der Waals surface area contributed by atoms with Gasteiger partial charge >= 0.3 is 5.97 Å². The van der Waals surface area contributed by atoms with E-state index >= 15 is 0 Å². The first kappa shape index (κ1) is 14.1. The van der Waals surface area contributed by atoms with Gasteiger partial charge in [-0.05, 0) is 46.9 Å². The molecule has 104 valence electrons. The number of benzene rings is 1. The molecule has 0 saturated heterocycles. The van der Waals surface area contributed by atoms with Crippen molar-refractivity contribution in [1.29, 1.82) is 0 Å². The van der Waals surface area contributed by atoms with E-state index in [0.29, 0.717) is 0 Å². The molecule has 2 atom stereocenters. The summed E-state index contributed by atoms with van der Waals surface area (Å²) in [6.45, 7) is 5.92. The highest BCUT2D eigenvalue weighted by Gasteiger charge is 2.72. The quantitative estimate of drug-likeness (QED) is 0.780. The van der Waals surface area contributed by atoms with Crippen LogP contribution in [0.5, 0.6) is 0 Å². The molecule has 0 radical (unpaired) electrons. The van der Waals surface area contributed by atoms with Gasteiger partial charge < -0.3 is 9.64 Å². The van der Waals surface area contributed by atoms with E-state index in [1.165, 1.54) is 0 Å². The molecule has 0 N–H and O–H groups in total. The van der Waals surface area contributed by atoms with Gasteiger partial charge in [-0.15, -0.1) is 0 Å². The summed E-state index contributed by atoms with van der Waals surface area (Å²) in [4.78, 5) is 14.7. The van der Waals surface area contributed by atoms with Crippen LogP contribution in [0.4, 0.5) is 0 Å². The van der Waals surface area contributed by atoms with Gasteiger partial charge in [0.25, 0.3) is 0 Å². The number of esters is 1. The lowest BCUT2D eigenvalue weighted by Gasteiger charge is -2.28. The van der Waals surface area contributed by atoms with E-state index < -0.39 is 5.41 Å². The molecule has 3 heteroatoms. The van der Waals surface area contributed by atoms with Crippen LogP contribution in [0.15, 0.2) is 30.3 Å². The third kappa shape index (κ3) is 2.06. The third-order valence-electron chi connectivity index (χ3n) is 4.35. The first-order chi connectivity index (χ1) is 8.84. The Labute approximate surface area is 115 Å². The first-order valence-electron chi connectivity index (χ1n) is 6.78. The molecule has 1 fully saturated rings. The van der Waals surface area contributed by atoms with Gasteiger partial charge in [0.2, 0.25) is 0 Å². The Morgan fingerprint density at radius 1 is 1.26 bits per heavy atom. The van der Waals surface area contributed by atoms with Crippen molar-refractivity contribution >= 4 is 5.97 Å². The second-order valence-corrected chi connectivity index (χ2v) is 6.07. The van der Waals surface area contributed by atoms with Crippen LogP contribution in [0.3, 0.4) is 0 Å². The van der Waals surface area contributed by atoms with Crippen LogP contribution >= 0.6 is 0 Å². The summed E-state index contributed by atoms with van der Waals surface area (Å²) in [5.74, 6) is -0.107. The van der Waals surface area contributed by atoms with E-state index in [-0.39, 0.29) is 17.6 Å². The lowest BCUT2D eigenvalue weighted by Crippen LogP contribution is -2.41. The third-order valence-corrected chi connectivity index (χ3v) is 4.35. The maximum absolute atomic E-state index is 12.6. The first-order valence-corrected chi connectivity index (χ1v) is 6.78. The highest BCUT2D eigenvalue weighted by molar-refractivity contribution is 5.90. The summed E-state index contributed by atoms with van der Waals surface area (Å²) in [6, 6.07) is 9.98. The summed E-state index contributed by atoms with van der Waals surface area (Å²) < 4.78 is 5.51. The minimum absolute atomic E-state index is 0.0832. The van der Waals surface area contributed by atoms with E-state index in [9.17, 15) is 4.79 Å². The molecule has 0 spiro atoms. The number of nitrogens with zero attached hydrogens (tertiary/aromatic N) is 1. The fourth-order valence-electron chi connectivity index (χ4n) is 2.87. The van der Waals surface area contributed by atoms with Crippen molar-refractivity contribution in [2.24, 2.45) is 0 Å². The van der Waals surface area contributed by atoms with Crippen molar-refractivity contribution in [2.75, 3.05) is 14.1 Å². The Balaban J connectivity index is 2.41. The zero-order valence-corrected chi connectivity index (χ0v) is 12.4. The van der Waals surface area contributed by atoms with Crippen LogP contribution < -0.4 is 0 Å². The maximum Gasteiger partial charge on any atom is 0.318 e. The molecule has 1 aromatic rings.